The molecule has 5 heteroatoms. The third-order valence-corrected chi connectivity index (χ3v) is 10.4. The van der Waals surface area contributed by atoms with Crippen molar-refractivity contribution >= 4 is 17.5 Å². The van der Waals surface area contributed by atoms with Crippen molar-refractivity contribution in [3.05, 3.63) is 24.3 Å². The molecule has 180 valence electrons. The molecule has 5 rings (SSSR count). The molecule has 4 fully saturated rings. The lowest BCUT2D eigenvalue weighted by atomic mass is 9.47. The lowest BCUT2D eigenvalue weighted by Crippen LogP contribution is -2.62. The van der Waals surface area contributed by atoms with Gasteiger partial charge in [0.05, 0.1) is 12.8 Å². The van der Waals surface area contributed by atoms with Crippen molar-refractivity contribution in [2.45, 2.75) is 78.2 Å². The highest BCUT2D eigenvalue weighted by atomic mass is 16.5. The van der Waals surface area contributed by atoms with E-state index in [1.165, 1.54) is 12.8 Å². The van der Waals surface area contributed by atoms with Crippen molar-refractivity contribution in [2.24, 2.45) is 34.5 Å². The van der Waals surface area contributed by atoms with Crippen LogP contribution in [-0.4, -0.2) is 36.4 Å². The maximum atomic E-state index is 13.5. The zero-order valence-electron chi connectivity index (χ0n) is 20.7. The van der Waals surface area contributed by atoms with Crippen molar-refractivity contribution in [1.29, 1.82) is 0 Å². The van der Waals surface area contributed by atoms with E-state index in [1.807, 2.05) is 24.3 Å². The van der Waals surface area contributed by atoms with Crippen LogP contribution in [0.1, 0.15) is 72.1 Å². The minimum Gasteiger partial charge on any atom is -0.495 e. The van der Waals surface area contributed by atoms with Gasteiger partial charge in [0, 0.05) is 24.9 Å². The van der Waals surface area contributed by atoms with Crippen LogP contribution in [0.5, 0.6) is 5.75 Å². The number of rotatable bonds is 4. The van der Waals surface area contributed by atoms with E-state index in [1.54, 1.807) is 7.11 Å². The van der Waals surface area contributed by atoms with Crippen molar-refractivity contribution < 1.29 is 14.3 Å². The molecule has 1 saturated heterocycles. The van der Waals surface area contributed by atoms with E-state index in [2.05, 4.69) is 31.0 Å². The molecule has 0 radical (unpaired) electrons. The Morgan fingerprint density at radius 1 is 1.06 bits per heavy atom. The summed E-state index contributed by atoms with van der Waals surface area (Å²) in [5.74, 6) is 3.24. The van der Waals surface area contributed by atoms with Gasteiger partial charge >= 0.3 is 0 Å². The second-order valence-corrected chi connectivity index (χ2v) is 11.5. The van der Waals surface area contributed by atoms with E-state index >= 15 is 0 Å². The van der Waals surface area contributed by atoms with Crippen LogP contribution in [0, 0.1) is 34.5 Å². The number of amides is 2. The average molecular weight is 453 g/mol. The van der Waals surface area contributed by atoms with Gasteiger partial charge in [-0.25, -0.2) is 0 Å². The maximum absolute atomic E-state index is 13.5. The quantitative estimate of drug-likeness (QED) is 0.656. The molecule has 3 aliphatic carbocycles. The first-order chi connectivity index (χ1) is 15.8. The van der Waals surface area contributed by atoms with Gasteiger partial charge in [-0.05, 0) is 92.6 Å². The summed E-state index contributed by atoms with van der Waals surface area (Å²) in [4.78, 5) is 28.3. The summed E-state index contributed by atoms with van der Waals surface area (Å²) in [5.41, 5.74) is 1.06. The number of ether oxygens (including phenoxy) is 1. The number of likely N-dealkylation sites (tertiary alicyclic amines) is 1. The van der Waals surface area contributed by atoms with E-state index in [9.17, 15) is 9.59 Å². The van der Waals surface area contributed by atoms with Gasteiger partial charge in [0.15, 0.2) is 0 Å². The van der Waals surface area contributed by atoms with Crippen LogP contribution in [0.25, 0.3) is 0 Å². The second kappa shape index (κ2) is 8.32. The Hall–Kier alpha value is -2.04. The molecule has 1 heterocycles. The highest BCUT2D eigenvalue weighted by Gasteiger charge is 2.62. The minimum absolute atomic E-state index is 0.0546. The monoisotopic (exact) mass is 452 g/mol. The topological polar surface area (TPSA) is 58.6 Å². The van der Waals surface area contributed by atoms with Gasteiger partial charge in [-0.15, -0.1) is 0 Å². The maximum Gasteiger partial charge on any atom is 0.228 e. The molecule has 4 aliphatic rings. The largest absolute Gasteiger partial charge is 0.495 e. The van der Waals surface area contributed by atoms with E-state index in [-0.39, 0.29) is 22.7 Å². The molecule has 1 aliphatic heterocycles. The van der Waals surface area contributed by atoms with Gasteiger partial charge in [0.25, 0.3) is 0 Å². The molecule has 7 atom stereocenters. The zero-order chi connectivity index (χ0) is 23.4. The number of hydrogen-bond acceptors (Lipinski definition) is 3. The highest BCUT2D eigenvalue weighted by molar-refractivity contribution is 5.94. The number of hydrogen-bond donors (Lipinski definition) is 1. The fourth-order valence-electron chi connectivity index (χ4n) is 8.79. The van der Waals surface area contributed by atoms with Crippen molar-refractivity contribution in [3.63, 3.8) is 0 Å². The first-order valence-corrected chi connectivity index (χ1v) is 13.1. The molecule has 1 aromatic carbocycles. The van der Waals surface area contributed by atoms with Gasteiger partial charge in [-0.3, -0.25) is 9.59 Å². The van der Waals surface area contributed by atoms with Crippen LogP contribution >= 0.6 is 0 Å². The number of carbonyl (C=O) groups is 2. The molecule has 0 spiro atoms. The van der Waals surface area contributed by atoms with Crippen molar-refractivity contribution in [3.8, 4) is 5.75 Å². The normalized spacial score (nSPS) is 39.9. The molecule has 33 heavy (non-hydrogen) atoms. The highest BCUT2D eigenvalue weighted by Crippen LogP contribution is 2.66. The molecular weight excluding hydrogens is 412 g/mol. The number of nitrogens with one attached hydrogen (secondary N) is 1. The molecule has 5 nitrogen and oxygen atoms in total. The molecular formula is C28H40N2O3. The number of benzene rings is 1. The number of piperidine rings is 1. The third-order valence-electron chi connectivity index (χ3n) is 10.4. The Kier molecular flexibility index (Phi) is 5.73. The fraction of sp³-hybridized carbons (Fsp3) is 0.714. The van der Waals surface area contributed by atoms with Crippen LogP contribution in [0.3, 0.4) is 0 Å². The number of nitrogens with zero attached hydrogens (tertiary/aromatic N) is 1. The average Bonchev–Trinajstić information content (AvgIpc) is 3.17. The fourth-order valence-corrected chi connectivity index (χ4v) is 8.79. The number of carbonyl (C=O) groups excluding carboxylic acids is 2. The summed E-state index contributed by atoms with van der Waals surface area (Å²) in [7, 11) is 1.65. The molecule has 3 saturated carbocycles. The molecule has 2 amide bonds. The second-order valence-electron chi connectivity index (χ2n) is 11.5. The molecule has 1 N–H and O–H groups in total. The summed E-state index contributed by atoms with van der Waals surface area (Å²) in [6.45, 7) is 7.84. The Morgan fingerprint density at radius 3 is 2.58 bits per heavy atom. The molecule has 0 unspecified atom stereocenters. The van der Waals surface area contributed by atoms with Gasteiger partial charge in [0.2, 0.25) is 11.8 Å². The predicted molar refractivity (Wildman–Crippen MR) is 130 cm³/mol. The summed E-state index contributed by atoms with van der Waals surface area (Å²) in [5, 5.41) is 3.20. The lowest BCUT2D eigenvalue weighted by Gasteiger charge is -2.62. The van der Waals surface area contributed by atoms with E-state index < -0.39 is 0 Å². The summed E-state index contributed by atoms with van der Waals surface area (Å²) < 4.78 is 5.46. The van der Waals surface area contributed by atoms with Crippen molar-refractivity contribution in [2.75, 3.05) is 19.0 Å². The Balaban J connectivity index is 1.36. The van der Waals surface area contributed by atoms with Crippen molar-refractivity contribution in [1.82, 2.24) is 4.90 Å². The summed E-state index contributed by atoms with van der Waals surface area (Å²) in [6.07, 6.45) is 8.51. The van der Waals surface area contributed by atoms with Crippen LogP contribution < -0.4 is 10.1 Å². The Morgan fingerprint density at radius 2 is 1.82 bits per heavy atom. The number of para-hydroxylation sites is 2. The number of anilines is 1. The van der Waals surface area contributed by atoms with Crippen LogP contribution in [0.2, 0.25) is 0 Å². The summed E-state index contributed by atoms with van der Waals surface area (Å²) in [6, 6.07) is 8.09. The van der Waals surface area contributed by atoms with Crippen LogP contribution in [-0.2, 0) is 9.59 Å². The Bertz CT molecular complexity index is 931. The first-order valence-electron chi connectivity index (χ1n) is 13.1. The van der Waals surface area contributed by atoms with Crippen LogP contribution in [0.4, 0.5) is 5.69 Å². The first kappa shape index (κ1) is 22.7. The number of fused-ring (bicyclic) bond motifs is 5. The molecule has 0 bridgehead atoms. The summed E-state index contributed by atoms with van der Waals surface area (Å²) >= 11 is 0. The van der Waals surface area contributed by atoms with Crippen LogP contribution in [0.15, 0.2) is 24.3 Å². The predicted octanol–water partition coefficient (Wildman–Crippen LogP) is 5.50. The number of methoxy groups -OCH3 is 1. The van der Waals surface area contributed by atoms with E-state index in [0.717, 1.165) is 44.3 Å². The van der Waals surface area contributed by atoms with Gasteiger partial charge in [0.1, 0.15) is 5.75 Å². The van der Waals surface area contributed by atoms with E-state index in [4.69, 9.17) is 4.74 Å². The van der Waals surface area contributed by atoms with E-state index in [0.29, 0.717) is 41.9 Å². The van der Waals surface area contributed by atoms with Gasteiger partial charge < -0.3 is 15.0 Å². The molecule has 1 aromatic rings. The van der Waals surface area contributed by atoms with Gasteiger partial charge in [-0.2, -0.15) is 0 Å². The van der Waals surface area contributed by atoms with Gasteiger partial charge in [-0.1, -0.05) is 26.0 Å². The molecule has 0 aromatic heterocycles. The third kappa shape index (κ3) is 3.40. The minimum atomic E-state index is 0.0546. The standard InChI is InChI=1S/C28H40N2O3/c1-5-30-24-13-10-18-19-11-12-21(26(32)29-22-8-6-7-9-23(22)33-4)27(19,2)16-14-20(18)28(24,3)17-15-25(30)31/h6-9,18-21,24H,5,10-17H2,1-4H3,(H,29,32)/t18-,19-,20-,21+,24+,27-,28+/m0/s1. The zero-order valence-corrected chi connectivity index (χ0v) is 20.7. The lowest BCUT2D eigenvalue weighted by molar-refractivity contribution is -0.161. The smallest absolute Gasteiger partial charge is 0.228 e. The Labute approximate surface area is 198 Å². The SMILES string of the molecule is CCN1C(=O)CC[C@]2(C)[C@H]3CC[C@]4(C)[C@@H](C(=O)Nc5ccccc5OC)CC[C@H]4[C@@H]3CC[C@@H]12.